The number of hydrogen-bond donors (Lipinski definition) is 6. The van der Waals surface area contributed by atoms with Gasteiger partial charge in [-0.1, -0.05) is 24.3 Å². The number of aliphatic hydroxyl groups excluding tert-OH is 3. The van der Waals surface area contributed by atoms with Crippen LogP contribution in [0.2, 0.25) is 0 Å². The molecule has 0 saturated carbocycles. The lowest BCUT2D eigenvalue weighted by Crippen LogP contribution is -2.61. The zero-order valence-electron chi connectivity index (χ0n) is 15.0. The van der Waals surface area contributed by atoms with E-state index in [0.29, 0.717) is 5.56 Å². The van der Waals surface area contributed by atoms with Gasteiger partial charge < -0.3 is 40.1 Å². The lowest BCUT2D eigenvalue weighted by atomic mass is 9.99. The van der Waals surface area contributed by atoms with Crippen LogP contribution in [0.3, 0.4) is 0 Å². The number of carbonyl (C=O) groups is 1. The van der Waals surface area contributed by atoms with E-state index in [1.165, 1.54) is 30.3 Å². The van der Waals surface area contributed by atoms with Crippen molar-refractivity contribution in [2.24, 2.45) is 0 Å². The Balaban J connectivity index is 1.78. The first kappa shape index (κ1) is 20.6. The number of aliphatic carboxylic acids is 1. The van der Waals surface area contributed by atoms with E-state index in [1.54, 1.807) is 24.3 Å². The van der Waals surface area contributed by atoms with Gasteiger partial charge in [-0.15, -0.1) is 0 Å². The number of benzene rings is 2. The van der Waals surface area contributed by atoms with Crippen molar-refractivity contribution in [3.63, 3.8) is 0 Å². The van der Waals surface area contributed by atoms with Crippen LogP contribution in [0.4, 0.5) is 0 Å². The summed E-state index contributed by atoms with van der Waals surface area (Å²) in [5.41, 5.74) is 1.31. The molecule has 0 spiro atoms. The Morgan fingerprint density at radius 1 is 0.862 bits per heavy atom. The summed E-state index contributed by atoms with van der Waals surface area (Å²) < 4.78 is 10.5. The highest BCUT2D eigenvalue weighted by molar-refractivity contribution is 5.73. The van der Waals surface area contributed by atoms with Gasteiger partial charge in [-0.05, 0) is 35.4 Å². The van der Waals surface area contributed by atoms with Crippen molar-refractivity contribution in [3.05, 3.63) is 53.6 Å². The Bertz CT molecular complexity index is 893. The predicted molar refractivity (Wildman–Crippen MR) is 100 cm³/mol. The van der Waals surface area contributed by atoms with Gasteiger partial charge in [0.25, 0.3) is 0 Å². The quantitative estimate of drug-likeness (QED) is 0.391. The van der Waals surface area contributed by atoms with Crippen molar-refractivity contribution in [2.75, 3.05) is 0 Å². The Labute approximate surface area is 165 Å². The third kappa shape index (κ3) is 4.84. The van der Waals surface area contributed by atoms with Crippen LogP contribution in [0.25, 0.3) is 12.2 Å². The second kappa shape index (κ2) is 8.50. The van der Waals surface area contributed by atoms with E-state index in [4.69, 9.17) is 14.6 Å². The van der Waals surface area contributed by atoms with Gasteiger partial charge in [0.1, 0.15) is 35.6 Å². The van der Waals surface area contributed by atoms with Crippen LogP contribution >= 0.6 is 0 Å². The molecule has 1 saturated heterocycles. The van der Waals surface area contributed by atoms with E-state index in [9.17, 15) is 30.3 Å². The van der Waals surface area contributed by atoms with E-state index in [-0.39, 0.29) is 17.2 Å². The van der Waals surface area contributed by atoms with Crippen LogP contribution < -0.4 is 4.74 Å². The maximum absolute atomic E-state index is 11.2. The third-order valence-electron chi connectivity index (χ3n) is 4.34. The van der Waals surface area contributed by atoms with Crippen molar-refractivity contribution in [1.29, 1.82) is 0 Å². The molecule has 9 nitrogen and oxygen atoms in total. The number of carboxylic acid groups (broad SMARTS) is 1. The lowest BCUT2D eigenvalue weighted by Gasteiger charge is -2.38. The van der Waals surface area contributed by atoms with Crippen molar-refractivity contribution < 1.29 is 44.9 Å². The van der Waals surface area contributed by atoms with Crippen LogP contribution in [-0.4, -0.2) is 67.3 Å². The highest BCUT2D eigenvalue weighted by Crippen LogP contribution is 2.28. The summed E-state index contributed by atoms with van der Waals surface area (Å²) in [5, 5.41) is 57.9. The molecule has 5 atom stereocenters. The topological polar surface area (TPSA) is 157 Å². The molecule has 0 aromatic heterocycles. The largest absolute Gasteiger partial charge is 0.508 e. The van der Waals surface area contributed by atoms with Crippen LogP contribution in [0, 0.1) is 0 Å². The molecule has 154 valence electrons. The van der Waals surface area contributed by atoms with Crippen molar-refractivity contribution >= 4 is 18.1 Å². The second-order valence-electron chi connectivity index (χ2n) is 6.54. The average Bonchev–Trinajstić information content (AvgIpc) is 2.67. The predicted octanol–water partition coefficient (Wildman–Crippen LogP) is 0.539. The fourth-order valence-corrected chi connectivity index (χ4v) is 2.83. The average molecular weight is 404 g/mol. The molecule has 3 rings (SSSR count). The molecule has 9 heteroatoms. The maximum atomic E-state index is 11.2. The molecule has 1 aliphatic rings. The number of hydrogen-bond acceptors (Lipinski definition) is 8. The van der Waals surface area contributed by atoms with Gasteiger partial charge >= 0.3 is 5.97 Å². The minimum absolute atomic E-state index is 0.0483. The number of aromatic hydroxyl groups is 2. The number of phenolic OH excluding ortho intramolecular Hbond substituents is 2. The molecule has 0 bridgehead atoms. The zero-order valence-corrected chi connectivity index (χ0v) is 15.0. The van der Waals surface area contributed by atoms with E-state index < -0.39 is 36.7 Å². The molecular formula is C20H20O9. The van der Waals surface area contributed by atoms with E-state index >= 15 is 0 Å². The smallest absolute Gasteiger partial charge is 0.335 e. The highest BCUT2D eigenvalue weighted by atomic mass is 16.7. The maximum Gasteiger partial charge on any atom is 0.335 e. The Kier molecular flexibility index (Phi) is 6.04. The second-order valence-corrected chi connectivity index (χ2v) is 6.54. The first-order valence-corrected chi connectivity index (χ1v) is 8.65. The van der Waals surface area contributed by atoms with Gasteiger partial charge in [-0.3, -0.25) is 0 Å². The van der Waals surface area contributed by atoms with Gasteiger partial charge in [0.05, 0.1) is 0 Å². The number of carboxylic acids is 1. The Hall–Kier alpha value is -3.11. The van der Waals surface area contributed by atoms with E-state index in [2.05, 4.69) is 0 Å². The first-order chi connectivity index (χ1) is 13.7. The minimum atomic E-state index is -1.82. The molecule has 0 unspecified atom stereocenters. The van der Waals surface area contributed by atoms with Crippen molar-refractivity contribution in [3.8, 4) is 17.2 Å². The monoisotopic (exact) mass is 404 g/mol. The van der Waals surface area contributed by atoms with Gasteiger partial charge in [0.15, 0.2) is 6.10 Å². The first-order valence-electron chi connectivity index (χ1n) is 8.65. The molecule has 6 N–H and O–H groups in total. The number of rotatable bonds is 5. The Morgan fingerprint density at radius 3 is 2.17 bits per heavy atom. The van der Waals surface area contributed by atoms with Gasteiger partial charge in [0, 0.05) is 6.07 Å². The minimum Gasteiger partial charge on any atom is -0.508 e. The number of ether oxygens (including phenoxy) is 2. The molecule has 2 aromatic rings. The van der Waals surface area contributed by atoms with Crippen LogP contribution in [0.5, 0.6) is 17.2 Å². The third-order valence-corrected chi connectivity index (χ3v) is 4.34. The molecule has 1 heterocycles. The fraction of sp³-hybridized carbons (Fsp3) is 0.250. The van der Waals surface area contributed by atoms with Crippen LogP contribution in [0.1, 0.15) is 11.1 Å². The van der Waals surface area contributed by atoms with E-state index in [0.717, 1.165) is 5.56 Å². The summed E-state index contributed by atoms with van der Waals surface area (Å²) in [6, 6.07) is 10.6. The molecule has 0 amide bonds. The highest BCUT2D eigenvalue weighted by Gasteiger charge is 2.48. The molecular weight excluding hydrogens is 384 g/mol. The normalized spacial score (nSPS) is 27.1. The Morgan fingerprint density at radius 2 is 1.52 bits per heavy atom. The summed E-state index contributed by atoms with van der Waals surface area (Å²) in [6.07, 6.45) is -5.30. The summed E-state index contributed by atoms with van der Waals surface area (Å²) in [4.78, 5) is 11.2. The summed E-state index contributed by atoms with van der Waals surface area (Å²) >= 11 is 0. The standard InChI is InChI=1S/C20H20O9/c21-12-5-3-10(4-6-12)1-2-11-7-13(22)9-14(8-11)28-20-17(25)15(23)16(24)18(29-20)19(26)27/h1-9,15-18,20-25H,(H,26,27)/b2-1+/t15-,16-,17-,18-,20+/m0/s1. The molecule has 2 aromatic carbocycles. The number of phenols is 2. The van der Waals surface area contributed by atoms with Gasteiger partial charge in [0.2, 0.25) is 6.29 Å². The summed E-state index contributed by atoms with van der Waals surface area (Å²) in [7, 11) is 0. The fourth-order valence-electron chi connectivity index (χ4n) is 2.83. The van der Waals surface area contributed by atoms with Crippen molar-refractivity contribution in [1.82, 2.24) is 0 Å². The molecule has 0 radical (unpaired) electrons. The van der Waals surface area contributed by atoms with Gasteiger partial charge in [-0.25, -0.2) is 4.79 Å². The van der Waals surface area contributed by atoms with E-state index in [1.807, 2.05) is 0 Å². The molecule has 0 aliphatic carbocycles. The van der Waals surface area contributed by atoms with Crippen molar-refractivity contribution in [2.45, 2.75) is 30.7 Å². The van der Waals surface area contributed by atoms with Crippen LogP contribution in [0.15, 0.2) is 42.5 Å². The lowest BCUT2D eigenvalue weighted by molar-refractivity contribution is -0.271. The molecule has 1 aliphatic heterocycles. The number of aliphatic hydroxyl groups is 3. The SMILES string of the molecule is O=C(O)[C@H]1O[C@@H](Oc2cc(O)cc(/C=C/c3ccc(O)cc3)c2)[C@@H](O)[C@@H](O)[C@@H]1O. The summed E-state index contributed by atoms with van der Waals surface area (Å²) in [5.74, 6) is -1.50. The van der Waals surface area contributed by atoms with Crippen LogP contribution in [-0.2, 0) is 9.53 Å². The zero-order chi connectivity index (χ0) is 21.1. The molecule has 1 fully saturated rings. The summed E-state index contributed by atoms with van der Waals surface area (Å²) in [6.45, 7) is 0. The van der Waals surface area contributed by atoms with Gasteiger partial charge in [-0.2, -0.15) is 0 Å². The molecule has 29 heavy (non-hydrogen) atoms.